The molecule has 0 aromatic heterocycles. The summed E-state index contributed by atoms with van der Waals surface area (Å²) in [7, 11) is -7.94. The fourth-order valence-electron chi connectivity index (χ4n) is 2.85. The highest BCUT2D eigenvalue weighted by Crippen LogP contribution is 2.22. The molecule has 0 aliphatic rings. The van der Waals surface area contributed by atoms with Gasteiger partial charge < -0.3 is 5.32 Å². The first-order valence-corrected chi connectivity index (χ1v) is 13.2. The normalized spacial score (nSPS) is 11.6. The van der Waals surface area contributed by atoms with E-state index in [-0.39, 0.29) is 22.0 Å². The van der Waals surface area contributed by atoms with E-state index in [1.165, 1.54) is 36.4 Å². The quantitative estimate of drug-likeness (QED) is 0.460. The van der Waals surface area contributed by atoms with E-state index in [4.69, 9.17) is 11.6 Å². The number of nitrogens with zero attached hydrogens (tertiary/aromatic N) is 1. The minimum absolute atomic E-state index is 0.0926. The maximum absolute atomic E-state index is 13.5. The van der Waals surface area contributed by atoms with E-state index in [1.54, 1.807) is 12.1 Å². The molecule has 0 aliphatic heterocycles. The minimum Gasteiger partial charge on any atom is -0.325 e. The summed E-state index contributed by atoms with van der Waals surface area (Å²) >= 11 is 5.86. The summed E-state index contributed by atoms with van der Waals surface area (Å²) in [5.41, 5.74) is 0.221. The zero-order chi connectivity index (χ0) is 25.1. The van der Waals surface area contributed by atoms with Gasteiger partial charge in [0.15, 0.2) is 11.6 Å². The first-order chi connectivity index (χ1) is 15.8. The molecule has 0 spiro atoms. The van der Waals surface area contributed by atoms with Crippen LogP contribution in [0.5, 0.6) is 0 Å². The topological polar surface area (TPSA) is 113 Å². The third kappa shape index (κ3) is 6.43. The molecule has 0 bridgehead atoms. The van der Waals surface area contributed by atoms with Gasteiger partial charge in [0.1, 0.15) is 6.54 Å². The first kappa shape index (κ1) is 25.4. The second kappa shape index (κ2) is 9.95. The van der Waals surface area contributed by atoms with Crippen LogP contribution < -0.4 is 14.3 Å². The van der Waals surface area contributed by atoms with Gasteiger partial charge in [-0.15, -0.1) is 0 Å². The zero-order valence-electron chi connectivity index (χ0n) is 17.5. The van der Waals surface area contributed by atoms with Crippen LogP contribution in [0.2, 0.25) is 5.02 Å². The number of hydrogen-bond donors (Lipinski definition) is 2. The van der Waals surface area contributed by atoms with Crippen LogP contribution in [0, 0.1) is 11.6 Å². The van der Waals surface area contributed by atoms with E-state index in [9.17, 15) is 30.4 Å². The Kier molecular flexibility index (Phi) is 7.44. The number of carbonyl (C=O) groups is 1. The highest BCUT2D eigenvalue weighted by Gasteiger charge is 2.22. The monoisotopic (exact) mass is 529 g/mol. The fraction of sp³-hybridized carbons (Fsp3) is 0.0952. The van der Waals surface area contributed by atoms with E-state index in [2.05, 4.69) is 10.0 Å². The average molecular weight is 530 g/mol. The average Bonchev–Trinajstić information content (AvgIpc) is 2.73. The van der Waals surface area contributed by atoms with Crippen molar-refractivity contribution in [3.63, 3.8) is 0 Å². The first-order valence-electron chi connectivity index (χ1n) is 9.46. The lowest BCUT2D eigenvalue weighted by Gasteiger charge is -2.22. The Bertz CT molecular complexity index is 1430. The lowest BCUT2D eigenvalue weighted by Crippen LogP contribution is -2.37. The highest BCUT2D eigenvalue weighted by atomic mass is 35.5. The summed E-state index contributed by atoms with van der Waals surface area (Å²) in [4.78, 5) is 12.3. The molecule has 3 aromatic carbocycles. The van der Waals surface area contributed by atoms with Gasteiger partial charge in [-0.05, 0) is 54.6 Å². The Balaban J connectivity index is 1.72. The molecule has 0 aliphatic carbocycles. The van der Waals surface area contributed by atoms with Gasteiger partial charge in [0, 0.05) is 16.8 Å². The molecule has 0 unspecified atom stereocenters. The lowest BCUT2D eigenvalue weighted by molar-refractivity contribution is -0.114. The molecular formula is C21H18ClF2N3O5S2. The number of amides is 1. The van der Waals surface area contributed by atoms with Crippen molar-refractivity contribution in [1.29, 1.82) is 0 Å². The van der Waals surface area contributed by atoms with Gasteiger partial charge >= 0.3 is 0 Å². The third-order valence-electron chi connectivity index (χ3n) is 4.40. The van der Waals surface area contributed by atoms with Crippen LogP contribution >= 0.6 is 11.6 Å². The third-order valence-corrected chi connectivity index (χ3v) is 7.18. The minimum atomic E-state index is -4.01. The zero-order valence-corrected chi connectivity index (χ0v) is 19.9. The summed E-state index contributed by atoms with van der Waals surface area (Å²) < 4.78 is 79.0. The molecule has 13 heteroatoms. The van der Waals surface area contributed by atoms with Crippen molar-refractivity contribution in [3.8, 4) is 0 Å². The molecule has 0 radical (unpaired) electrons. The molecule has 0 fully saturated rings. The number of anilines is 3. The van der Waals surface area contributed by atoms with E-state index in [0.717, 1.165) is 18.4 Å². The molecule has 0 atom stereocenters. The summed E-state index contributed by atoms with van der Waals surface area (Å²) in [5.74, 6) is -3.22. The number of rotatable bonds is 8. The predicted octanol–water partition coefficient (Wildman–Crippen LogP) is 3.82. The molecule has 2 N–H and O–H groups in total. The van der Waals surface area contributed by atoms with Crippen molar-refractivity contribution < 1.29 is 30.4 Å². The second-order valence-corrected chi connectivity index (χ2v) is 11.1. The highest BCUT2D eigenvalue weighted by molar-refractivity contribution is 7.92. The molecule has 34 heavy (non-hydrogen) atoms. The molecule has 3 rings (SSSR count). The van der Waals surface area contributed by atoms with Crippen LogP contribution in [0.4, 0.5) is 25.8 Å². The molecule has 0 saturated carbocycles. The maximum atomic E-state index is 13.5. The van der Waals surface area contributed by atoms with Crippen molar-refractivity contribution in [1.82, 2.24) is 0 Å². The van der Waals surface area contributed by atoms with Crippen LogP contribution in [0.1, 0.15) is 0 Å². The van der Waals surface area contributed by atoms with E-state index < -0.39 is 44.1 Å². The number of hydrogen-bond acceptors (Lipinski definition) is 5. The van der Waals surface area contributed by atoms with Crippen LogP contribution in [0.25, 0.3) is 0 Å². The van der Waals surface area contributed by atoms with Crippen molar-refractivity contribution in [2.24, 2.45) is 0 Å². The molecule has 0 heterocycles. The molecule has 8 nitrogen and oxygen atoms in total. The predicted molar refractivity (Wildman–Crippen MR) is 126 cm³/mol. The summed E-state index contributed by atoms with van der Waals surface area (Å²) in [6.07, 6.45) is 0.814. The van der Waals surface area contributed by atoms with Gasteiger partial charge in [-0.2, -0.15) is 0 Å². The summed E-state index contributed by atoms with van der Waals surface area (Å²) in [6.45, 7) is -0.722. The van der Waals surface area contributed by atoms with Gasteiger partial charge in [-0.3, -0.25) is 13.8 Å². The molecule has 180 valence electrons. The maximum Gasteiger partial charge on any atom is 0.261 e. The van der Waals surface area contributed by atoms with Crippen LogP contribution in [0.15, 0.2) is 71.6 Å². The van der Waals surface area contributed by atoms with Gasteiger partial charge in [0.05, 0.1) is 22.5 Å². The summed E-state index contributed by atoms with van der Waals surface area (Å²) in [6, 6.07) is 13.7. The molecule has 0 saturated heterocycles. The Morgan fingerprint density at radius 3 is 2.18 bits per heavy atom. The molecule has 3 aromatic rings. The Morgan fingerprint density at radius 2 is 1.59 bits per heavy atom. The van der Waals surface area contributed by atoms with Crippen molar-refractivity contribution in [3.05, 3.63) is 83.4 Å². The van der Waals surface area contributed by atoms with Gasteiger partial charge in [0.25, 0.3) is 10.0 Å². The van der Waals surface area contributed by atoms with Crippen molar-refractivity contribution in [2.45, 2.75) is 4.90 Å². The lowest BCUT2D eigenvalue weighted by atomic mass is 10.3. The van der Waals surface area contributed by atoms with Crippen LogP contribution in [0.3, 0.4) is 0 Å². The van der Waals surface area contributed by atoms with Gasteiger partial charge in [-0.25, -0.2) is 25.6 Å². The SMILES string of the molecule is CS(=O)(=O)N(CC(=O)Nc1ccc(S(=O)(=O)Nc2cccc(Cl)c2)cc1)c1ccc(F)c(F)c1. The number of sulfonamides is 2. The van der Waals surface area contributed by atoms with Crippen LogP contribution in [-0.2, 0) is 24.8 Å². The number of nitrogens with one attached hydrogen (secondary N) is 2. The Labute approximate surface area is 200 Å². The van der Waals surface area contributed by atoms with Crippen LogP contribution in [-0.4, -0.2) is 35.5 Å². The van der Waals surface area contributed by atoms with Crippen molar-refractivity contribution in [2.75, 3.05) is 27.1 Å². The van der Waals surface area contributed by atoms with Gasteiger partial charge in [0.2, 0.25) is 15.9 Å². The largest absolute Gasteiger partial charge is 0.325 e. The van der Waals surface area contributed by atoms with E-state index >= 15 is 0 Å². The molecular weight excluding hydrogens is 512 g/mol. The fourth-order valence-corrected chi connectivity index (χ4v) is 4.94. The smallest absolute Gasteiger partial charge is 0.261 e. The number of benzene rings is 3. The van der Waals surface area contributed by atoms with Crippen molar-refractivity contribution >= 4 is 54.6 Å². The second-order valence-electron chi connectivity index (χ2n) is 7.06. The number of carbonyl (C=O) groups excluding carboxylic acids is 1. The standard InChI is InChI=1S/C21H18ClF2N3O5S2/c1-33(29,30)27(17-7-10-19(23)20(24)12-17)13-21(28)25-15-5-8-18(9-6-15)34(31,32)26-16-4-2-3-14(22)11-16/h2-12,26H,13H2,1H3,(H,25,28). The summed E-state index contributed by atoms with van der Waals surface area (Å²) in [5, 5.41) is 2.78. The number of halogens is 3. The Morgan fingerprint density at radius 1 is 0.912 bits per heavy atom. The van der Waals surface area contributed by atoms with E-state index in [0.29, 0.717) is 15.4 Å². The van der Waals surface area contributed by atoms with E-state index in [1.807, 2.05) is 0 Å². The molecule has 1 amide bonds. The van der Waals surface area contributed by atoms with Gasteiger partial charge in [-0.1, -0.05) is 17.7 Å². The Hall–Kier alpha value is -3.22.